The fourth-order valence-corrected chi connectivity index (χ4v) is 4.32. The first-order chi connectivity index (χ1) is 17.8. The third-order valence-electron chi connectivity index (χ3n) is 6.69. The molecule has 3 aromatic carbocycles. The number of hydrogen-bond donors (Lipinski definition) is 1. The molecule has 0 heterocycles. The van der Waals surface area contributed by atoms with Crippen molar-refractivity contribution in [2.45, 2.75) is 66.5 Å². The van der Waals surface area contributed by atoms with Crippen LogP contribution in [0.25, 0.3) is 0 Å². The Labute approximate surface area is 221 Å². The van der Waals surface area contributed by atoms with Crippen molar-refractivity contribution in [1.82, 2.24) is 10.2 Å². The van der Waals surface area contributed by atoms with Gasteiger partial charge in [0.1, 0.15) is 11.8 Å². The summed E-state index contributed by atoms with van der Waals surface area (Å²) in [7, 11) is 0. The van der Waals surface area contributed by atoms with Gasteiger partial charge in [0, 0.05) is 19.5 Å². The molecule has 5 nitrogen and oxygen atoms in total. The number of carbonyl (C=O) groups is 2. The van der Waals surface area contributed by atoms with Crippen LogP contribution in [0, 0.1) is 27.7 Å². The highest BCUT2D eigenvalue weighted by atomic mass is 16.5. The van der Waals surface area contributed by atoms with E-state index in [0.717, 1.165) is 46.2 Å². The largest absolute Gasteiger partial charge is 0.483 e. The van der Waals surface area contributed by atoms with Crippen LogP contribution in [0.2, 0.25) is 0 Å². The first-order valence-corrected chi connectivity index (χ1v) is 13.2. The molecule has 0 aromatic heterocycles. The number of benzene rings is 3. The standard InChI is InChI=1S/C32H40N2O3/c1-6-7-17-33-32(36)29(20-27-11-9-8-10-12-27)34(21-28-15-13-23(2)14-16-28)31(35)22-37-30-19-24(3)18-25(4)26(30)5/h8-16,18-19,29H,6-7,17,20-22H2,1-5H3,(H,33,36). The van der Waals surface area contributed by atoms with Crippen molar-refractivity contribution < 1.29 is 14.3 Å². The lowest BCUT2D eigenvalue weighted by molar-refractivity contribution is -0.142. The van der Waals surface area contributed by atoms with Crippen molar-refractivity contribution in [1.29, 1.82) is 0 Å². The summed E-state index contributed by atoms with van der Waals surface area (Å²) in [5.74, 6) is 0.346. The van der Waals surface area contributed by atoms with Gasteiger partial charge in [-0.2, -0.15) is 0 Å². The van der Waals surface area contributed by atoms with Gasteiger partial charge in [-0.05, 0) is 68.0 Å². The molecular weight excluding hydrogens is 460 g/mol. The lowest BCUT2D eigenvalue weighted by Gasteiger charge is -2.31. The molecule has 0 saturated heterocycles. The van der Waals surface area contributed by atoms with Crippen LogP contribution < -0.4 is 10.1 Å². The summed E-state index contributed by atoms with van der Waals surface area (Å²) >= 11 is 0. The van der Waals surface area contributed by atoms with Crippen LogP contribution in [0.1, 0.15) is 53.1 Å². The van der Waals surface area contributed by atoms with E-state index in [1.807, 2.05) is 88.4 Å². The van der Waals surface area contributed by atoms with Crippen LogP contribution in [-0.4, -0.2) is 35.9 Å². The van der Waals surface area contributed by atoms with Gasteiger partial charge in [-0.3, -0.25) is 9.59 Å². The Bertz CT molecular complexity index is 1170. The minimum Gasteiger partial charge on any atom is -0.483 e. The lowest BCUT2D eigenvalue weighted by Crippen LogP contribution is -2.51. The van der Waals surface area contributed by atoms with Gasteiger partial charge in [0.15, 0.2) is 6.61 Å². The number of unbranched alkanes of at least 4 members (excludes halogenated alkanes) is 1. The highest BCUT2D eigenvalue weighted by Crippen LogP contribution is 2.24. The highest BCUT2D eigenvalue weighted by Gasteiger charge is 2.30. The summed E-state index contributed by atoms with van der Waals surface area (Å²) in [6.07, 6.45) is 2.31. The van der Waals surface area contributed by atoms with Crippen LogP contribution in [0.3, 0.4) is 0 Å². The minimum atomic E-state index is -0.656. The Morgan fingerprint density at radius 1 is 0.892 bits per heavy atom. The molecule has 0 aliphatic carbocycles. The zero-order chi connectivity index (χ0) is 26.8. The second-order valence-electron chi connectivity index (χ2n) is 9.85. The van der Waals surface area contributed by atoms with E-state index in [2.05, 4.69) is 18.3 Å². The number of hydrogen-bond acceptors (Lipinski definition) is 3. The van der Waals surface area contributed by atoms with E-state index >= 15 is 0 Å². The molecule has 2 amide bonds. The number of amides is 2. The van der Waals surface area contributed by atoms with Crippen LogP contribution in [-0.2, 0) is 22.6 Å². The number of nitrogens with one attached hydrogen (secondary N) is 1. The molecule has 0 radical (unpaired) electrons. The van der Waals surface area contributed by atoms with Crippen molar-refractivity contribution in [2.24, 2.45) is 0 Å². The molecule has 3 aromatic rings. The van der Waals surface area contributed by atoms with E-state index < -0.39 is 6.04 Å². The van der Waals surface area contributed by atoms with E-state index in [0.29, 0.717) is 25.3 Å². The topological polar surface area (TPSA) is 58.6 Å². The molecule has 0 saturated carbocycles. The maximum atomic E-state index is 13.8. The molecule has 196 valence electrons. The highest BCUT2D eigenvalue weighted by molar-refractivity contribution is 5.88. The second-order valence-corrected chi connectivity index (χ2v) is 9.85. The van der Waals surface area contributed by atoms with E-state index in [1.165, 1.54) is 0 Å². The molecule has 0 spiro atoms. The zero-order valence-electron chi connectivity index (χ0n) is 22.8. The van der Waals surface area contributed by atoms with Gasteiger partial charge in [-0.15, -0.1) is 0 Å². The molecule has 0 aliphatic rings. The molecule has 1 N–H and O–H groups in total. The zero-order valence-corrected chi connectivity index (χ0v) is 22.8. The van der Waals surface area contributed by atoms with Crippen LogP contribution >= 0.6 is 0 Å². The van der Waals surface area contributed by atoms with Crippen molar-refractivity contribution in [3.05, 3.63) is 100 Å². The molecule has 1 unspecified atom stereocenters. The number of nitrogens with zero attached hydrogens (tertiary/aromatic N) is 1. The van der Waals surface area contributed by atoms with Crippen LogP contribution in [0.5, 0.6) is 5.75 Å². The summed E-state index contributed by atoms with van der Waals surface area (Å²) in [5, 5.41) is 3.06. The molecular formula is C32H40N2O3. The Kier molecular flexibility index (Phi) is 10.3. The predicted octanol–water partition coefficient (Wildman–Crippen LogP) is 5.86. The summed E-state index contributed by atoms with van der Waals surface area (Å²) in [4.78, 5) is 28.9. The fourth-order valence-electron chi connectivity index (χ4n) is 4.32. The molecule has 37 heavy (non-hydrogen) atoms. The molecule has 1 atom stereocenters. The van der Waals surface area contributed by atoms with Gasteiger partial charge < -0.3 is 15.0 Å². The van der Waals surface area contributed by atoms with Gasteiger partial charge in [0.2, 0.25) is 5.91 Å². The number of ether oxygens (including phenoxy) is 1. The third kappa shape index (κ3) is 8.21. The fraction of sp³-hybridized carbons (Fsp3) is 0.375. The average molecular weight is 501 g/mol. The maximum absolute atomic E-state index is 13.8. The number of carbonyl (C=O) groups excluding carboxylic acids is 2. The second kappa shape index (κ2) is 13.6. The van der Waals surface area contributed by atoms with E-state index in [4.69, 9.17) is 4.74 Å². The smallest absolute Gasteiger partial charge is 0.261 e. The first kappa shape index (κ1) is 28.0. The Morgan fingerprint density at radius 3 is 2.27 bits per heavy atom. The monoisotopic (exact) mass is 500 g/mol. The SMILES string of the molecule is CCCCNC(=O)C(Cc1ccccc1)N(Cc1ccc(C)cc1)C(=O)COc1cc(C)cc(C)c1C. The summed E-state index contributed by atoms with van der Waals surface area (Å²) in [5.41, 5.74) is 6.34. The van der Waals surface area contributed by atoms with Gasteiger partial charge in [0.25, 0.3) is 5.91 Å². The molecule has 0 fully saturated rings. The number of aryl methyl sites for hydroxylation is 3. The minimum absolute atomic E-state index is 0.136. The van der Waals surface area contributed by atoms with E-state index in [1.54, 1.807) is 4.90 Å². The molecule has 0 aliphatic heterocycles. The van der Waals surface area contributed by atoms with Gasteiger partial charge in [-0.1, -0.05) is 79.6 Å². The summed E-state index contributed by atoms with van der Waals surface area (Å²) in [6.45, 7) is 11.0. The van der Waals surface area contributed by atoms with E-state index in [-0.39, 0.29) is 18.4 Å². The maximum Gasteiger partial charge on any atom is 0.261 e. The normalized spacial score (nSPS) is 11.6. The average Bonchev–Trinajstić information content (AvgIpc) is 2.89. The molecule has 5 heteroatoms. The Balaban J connectivity index is 1.91. The van der Waals surface area contributed by atoms with Crippen LogP contribution in [0.4, 0.5) is 0 Å². The van der Waals surface area contributed by atoms with Crippen molar-refractivity contribution in [2.75, 3.05) is 13.2 Å². The summed E-state index contributed by atoms with van der Waals surface area (Å²) in [6, 6.07) is 21.3. The summed E-state index contributed by atoms with van der Waals surface area (Å²) < 4.78 is 6.05. The Morgan fingerprint density at radius 2 is 1.59 bits per heavy atom. The van der Waals surface area contributed by atoms with Gasteiger partial charge in [-0.25, -0.2) is 0 Å². The Hall–Kier alpha value is -3.60. The third-order valence-corrected chi connectivity index (χ3v) is 6.69. The van der Waals surface area contributed by atoms with Gasteiger partial charge in [0.05, 0.1) is 0 Å². The van der Waals surface area contributed by atoms with Crippen molar-refractivity contribution >= 4 is 11.8 Å². The van der Waals surface area contributed by atoms with Gasteiger partial charge >= 0.3 is 0 Å². The lowest BCUT2D eigenvalue weighted by atomic mass is 10.0. The first-order valence-electron chi connectivity index (χ1n) is 13.2. The molecule has 3 rings (SSSR count). The number of rotatable bonds is 12. The van der Waals surface area contributed by atoms with E-state index in [9.17, 15) is 9.59 Å². The van der Waals surface area contributed by atoms with Crippen molar-refractivity contribution in [3.63, 3.8) is 0 Å². The quantitative estimate of drug-likeness (QED) is 0.317. The molecule has 0 bridgehead atoms. The van der Waals surface area contributed by atoms with Crippen LogP contribution in [0.15, 0.2) is 66.7 Å². The predicted molar refractivity (Wildman–Crippen MR) is 150 cm³/mol. The van der Waals surface area contributed by atoms with Crippen molar-refractivity contribution in [3.8, 4) is 5.75 Å².